The van der Waals surface area contributed by atoms with Crippen LogP contribution in [0.4, 0.5) is 5.69 Å². The SMILES string of the molecule is CS(=O)(=O)N1CC(CCC(=O)O)=Cc2ccccc21. The lowest BCUT2D eigenvalue weighted by Gasteiger charge is -2.29. The minimum atomic E-state index is -3.37. The molecule has 0 aliphatic carbocycles. The Hall–Kier alpha value is -1.82. The summed E-state index contributed by atoms with van der Waals surface area (Å²) in [6, 6.07) is 7.19. The average Bonchev–Trinajstić information content (AvgIpc) is 2.34. The van der Waals surface area contributed by atoms with Crippen LogP contribution in [0.25, 0.3) is 6.08 Å². The third-order valence-electron chi connectivity index (χ3n) is 2.97. The molecule has 2 rings (SSSR count). The van der Waals surface area contributed by atoms with Gasteiger partial charge in [-0.05, 0) is 23.6 Å². The van der Waals surface area contributed by atoms with Crippen molar-refractivity contribution < 1.29 is 18.3 Å². The van der Waals surface area contributed by atoms with Gasteiger partial charge in [0.25, 0.3) is 0 Å². The molecular weight excluding hydrogens is 266 g/mol. The van der Waals surface area contributed by atoms with Crippen molar-refractivity contribution >= 4 is 27.8 Å². The first-order valence-electron chi connectivity index (χ1n) is 5.86. The summed E-state index contributed by atoms with van der Waals surface area (Å²) in [5, 5.41) is 8.71. The zero-order chi connectivity index (χ0) is 14.0. The maximum absolute atomic E-state index is 11.8. The zero-order valence-electron chi connectivity index (χ0n) is 10.5. The van der Waals surface area contributed by atoms with E-state index in [4.69, 9.17) is 5.11 Å². The van der Waals surface area contributed by atoms with Crippen LogP contribution < -0.4 is 4.31 Å². The summed E-state index contributed by atoms with van der Waals surface area (Å²) in [5.74, 6) is -0.884. The molecule has 0 fully saturated rings. The third kappa shape index (κ3) is 3.14. The number of benzene rings is 1. The predicted molar refractivity (Wildman–Crippen MR) is 73.5 cm³/mol. The fraction of sp³-hybridized carbons (Fsp3) is 0.308. The van der Waals surface area contributed by atoms with Crippen molar-refractivity contribution in [3.63, 3.8) is 0 Å². The Bertz CT molecular complexity index is 634. The van der Waals surface area contributed by atoms with E-state index < -0.39 is 16.0 Å². The minimum Gasteiger partial charge on any atom is -0.481 e. The van der Waals surface area contributed by atoms with Crippen molar-refractivity contribution in [2.75, 3.05) is 17.1 Å². The number of hydrogen-bond donors (Lipinski definition) is 1. The second-order valence-electron chi connectivity index (χ2n) is 4.52. The van der Waals surface area contributed by atoms with Crippen molar-refractivity contribution in [1.29, 1.82) is 0 Å². The van der Waals surface area contributed by atoms with E-state index in [0.717, 1.165) is 17.4 Å². The molecule has 1 aliphatic rings. The Balaban J connectivity index is 2.37. The molecule has 1 heterocycles. The fourth-order valence-corrected chi connectivity index (χ4v) is 3.01. The number of aliphatic carboxylic acids is 1. The number of sulfonamides is 1. The molecule has 0 unspecified atom stereocenters. The van der Waals surface area contributed by atoms with Gasteiger partial charge < -0.3 is 5.11 Å². The first-order valence-corrected chi connectivity index (χ1v) is 7.71. The van der Waals surface area contributed by atoms with E-state index in [1.807, 2.05) is 18.2 Å². The normalized spacial score (nSPS) is 14.8. The summed E-state index contributed by atoms with van der Waals surface area (Å²) in [6.45, 7) is 0.225. The predicted octanol–water partition coefficient (Wildman–Crippen LogP) is 1.71. The number of fused-ring (bicyclic) bond motifs is 1. The number of para-hydroxylation sites is 1. The maximum atomic E-state index is 11.8. The largest absolute Gasteiger partial charge is 0.481 e. The van der Waals surface area contributed by atoms with E-state index in [1.54, 1.807) is 12.1 Å². The first-order chi connectivity index (χ1) is 8.88. The van der Waals surface area contributed by atoms with Gasteiger partial charge in [0.15, 0.2) is 0 Å². The minimum absolute atomic E-state index is 0.00556. The molecule has 0 saturated heterocycles. The quantitative estimate of drug-likeness (QED) is 0.911. The van der Waals surface area contributed by atoms with Gasteiger partial charge in [0.05, 0.1) is 18.5 Å². The van der Waals surface area contributed by atoms with Crippen LogP contribution in [-0.4, -0.2) is 32.3 Å². The van der Waals surface area contributed by atoms with E-state index in [2.05, 4.69) is 0 Å². The zero-order valence-corrected chi connectivity index (χ0v) is 11.4. The molecule has 0 saturated carbocycles. The van der Waals surface area contributed by atoms with Crippen molar-refractivity contribution in [2.45, 2.75) is 12.8 Å². The second kappa shape index (κ2) is 5.05. The van der Waals surface area contributed by atoms with Gasteiger partial charge >= 0.3 is 5.97 Å². The van der Waals surface area contributed by atoms with Crippen LogP contribution in [0.1, 0.15) is 18.4 Å². The Labute approximate surface area is 112 Å². The molecule has 5 nitrogen and oxygen atoms in total. The molecule has 1 N–H and O–H groups in total. The monoisotopic (exact) mass is 281 g/mol. The van der Waals surface area contributed by atoms with Gasteiger partial charge in [-0.25, -0.2) is 8.42 Å². The van der Waals surface area contributed by atoms with Gasteiger partial charge in [-0.3, -0.25) is 9.10 Å². The van der Waals surface area contributed by atoms with E-state index in [0.29, 0.717) is 12.1 Å². The number of rotatable bonds is 4. The number of carboxylic acids is 1. The van der Waals surface area contributed by atoms with Gasteiger partial charge in [0, 0.05) is 6.42 Å². The van der Waals surface area contributed by atoms with Gasteiger partial charge in [0.2, 0.25) is 10.0 Å². The molecule has 19 heavy (non-hydrogen) atoms. The van der Waals surface area contributed by atoms with E-state index in [1.165, 1.54) is 4.31 Å². The molecule has 0 spiro atoms. The lowest BCUT2D eigenvalue weighted by molar-refractivity contribution is -0.136. The topological polar surface area (TPSA) is 74.7 Å². The lowest BCUT2D eigenvalue weighted by Crippen LogP contribution is -2.34. The summed E-state index contributed by atoms with van der Waals surface area (Å²) < 4.78 is 24.9. The second-order valence-corrected chi connectivity index (χ2v) is 6.43. The van der Waals surface area contributed by atoms with E-state index in [-0.39, 0.29) is 13.0 Å². The first kappa shape index (κ1) is 13.6. The van der Waals surface area contributed by atoms with Crippen LogP contribution in [0.2, 0.25) is 0 Å². The molecule has 0 atom stereocenters. The van der Waals surface area contributed by atoms with Crippen molar-refractivity contribution in [3.8, 4) is 0 Å². The summed E-state index contributed by atoms with van der Waals surface area (Å²) >= 11 is 0. The van der Waals surface area contributed by atoms with Crippen molar-refractivity contribution in [1.82, 2.24) is 0 Å². The number of anilines is 1. The number of carbonyl (C=O) groups is 1. The fourth-order valence-electron chi connectivity index (χ4n) is 2.09. The summed E-state index contributed by atoms with van der Waals surface area (Å²) in [6.07, 6.45) is 3.39. The van der Waals surface area contributed by atoms with Crippen LogP contribution in [-0.2, 0) is 14.8 Å². The van der Waals surface area contributed by atoms with Gasteiger partial charge in [0.1, 0.15) is 0 Å². The average molecular weight is 281 g/mol. The smallest absolute Gasteiger partial charge is 0.303 e. The van der Waals surface area contributed by atoms with Crippen molar-refractivity contribution in [2.24, 2.45) is 0 Å². The molecule has 0 amide bonds. The summed E-state index contributed by atoms with van der Waals surface area (Å²) in [4.78, 5) is 10.6. The highest BCUT2D eigenvalue weighted by molar-refractivity contribution is 7.92. The molecule has 0 bridgehead atoms. The van der Waals surface area contributed by atoms with Crippen LogP contribution in [0.3, 0.4) is 0 Å². The molecule has 1 aromatic carbocycles. The lowest BCUT2D eigenvalue weighted by atomic mass is 10.0. The molecule has 6 heteroatoms. The number of nitrogens with zero attached hydrogens (tertiary/aromatic N) is 1. The van der Waals surface area contributed by atoms with Crippen LogP contribution in [0, 0.1) is 0 Å². The number of hydrogen-bond acceptors (Lipinski definition) is 3. The van der Waals surface area contributed by atoms with Gasteiger partial charge in [-0.15, -0.1) is 0 Å². The van der Waals surface area contributed by atoms with Crippen LogP contribution in [0.15, 0.2) is 29.8 Å². The Morgan fingerprint density at radius 3 is 2.68 bits per heavy atom. The van der Waals surface area contributed by atoms with E-state index >= 15 is 0 Å². The highest BCUT2D eigenvalue weighted by Crippen LogP contribution is 2.31. The van der Waals surface area contributed by atoms with Gasteiger partial charge in [-0.1, -0.05) is 24.3 Å². The van der Waals surface area contributed by atoms with Gasteiger partial charge in [-0.2, -0.15) is 0 Å². The van der Waals surface area contributed by atoms with E-state index in [9.17, 15) is 13.2 Å². The number of carboxylic acid groups (broad SMARTS) is 1. The molecule has 1 aromatic rings. The Kier molecular flexibility index (Phi) is 3.61. The molecular formula is C13H15NO4S. The molecule has 0 radical (unpaired) electrons. The third-order valence-corrected chi connectivity index (χ3v) is 4.10. The van der Waals surface area contributed by atoms with Crippen LogP contribution in [0.5, 0.6) is 0 Å². The standard InChI is InChI=1S/C13H15NO4S/c1-19(17,18)14-9-10(6-7-13(15)16)8-11-4-2-3-5-12(11)14/h2-5,8H,6-7,9H2,1H3,(H,15,16). The Morgan fingerprint density at radius 1 is 1.37 bits per heavy atom. The molecule has 102 valence electrons. The van der Waals surface area contributed by atoms with Crippen LogP contribution >= 0.6 is 0 Å². The van der Waals surface area contributed by atoms with Crippen molar-refractivity contribution in [3.05, 3.63) is 35.4 Å². The Morgan fingerprint density at radius 2 is 2.05 bits per heavy atom. The summed E-state index contributed by atoms with van der Waals surface area (Å²) in [5.41, 5.74) is 2.26. The molecule has 0 aromatic heterocycles. The highest BCUT2D eigenvalue weighted by atomic mass is 32.2. The highest BCUT2D eigenvalue weighted by Gasteiger charge is 2.24. The maximum Gasteiger partial charge on any atom is 0.303 e. The summed E-state index contributed by atoms with van der Waals surface area (Å²) in [7, 11) is -3.37. The molecule has 1 aliphatic heterocycles.